The maximum absolute atomic E-state index is 11.6. The van der Waals surface area contributed by atoms with Crippen LogP contribution in [-0.4, -0.2) is 20.9 Å². The first-order valence-electron chi connectivity index (χ1n) is 6.85. The van der Waals surface area contributed by atoms with Gasteiger partial charge in [0.2, 0.25) is 0 Å². The molecule has 1 aromatic carbocycles. The molecule has 1 aliphatic rings. The summed E-state index contributed by atoms with van der Waals surface area (Å²) in [5.74, 6) is -0.810. The van der Waals surface area contributed by atoms with Gasteiger partial charge < -0.3 is 5.11 Å². The minimum absolute atomic E-state index is 0.145. The van der Waals surface area contributed by atoms with E-state index in [1.54, 1.807) is 0 Å². The molecule has 2 aromatic rings. The molecule has 0 unspecified atom stereocenters. The van der Waals surface area contributed by atoms with Crippen LogP contribution in [0.15, 0.2) is 28.7 Å². The second-order valence-electron chi connectivity index (χ2n) is 5.23. The number of carboxylic acids is 1. The molecule has 4 nitrogen and oxygen atoms in total. The number of carbonyl (C=O) groups is 1. The molecule has 6 heteroatoms. The van der Waals surface area contributed by atoms with E-state index in [1.807, 2.05) is 24.3 Å². The number of hydrogen-bond donors (Lipinski definition) is 1. The van der Waals surface area contributed by atoms with E-state index >= 15 is 0 Å². The molecule has 1 aliphatic carbocycles. The van der Waals surface area contributed by atoms with Crippen LogP contribution in [0, 0.1) is 0 Å². The fraction of sp³-hybridized carbons (Fsp3) is 0.333. The van der Waals surface area contributed by atoms with E-state index in [0.29, 0.717) is 5.69 Å². The first-order valence-corrected chi connectivity index (χ1v) is 8.02. The lowest BCUT2D eigenvalue weighted by molar-refractivity contribution is 0.0695. The Morgan fingerprint density at radius 3 is 2.48 bits per heavy atom. The Morgan fingerprint density at radius 2 is 1.90 bits per heavy atom. The summed E-state index contributed by atoms with van der Waals surface area (Å²) in [5, 5.41) is 14.1. The van der Waals surface area contributed by atoms with Crippen LogP contribution in [0.1, 0.15) is 47.7 Å². The highest BCUT2D eigenvalue weighted by atomic mass is 79.9. The van der Waals surface area contributed by atoms with Crippen LogP contribution >= 0.6 is 27.5 Å². The van der Waals surface area contributed by atoms with Crippen molar-refractivity contribution >= 4 is 33.5 Å². The van der Waals surface area contributed by atoms with Crippen LogP contribution in [0.3, 0.4) is 0 Å². The summed E-state index contributed by atoms with van der Waals surface area (Å²) >= 11 is 9.66. The Morgan fingerprint density at radius 1 is 1.29 bits per heavy atom. The Hall–Kier alpha value is -1.33. The molecule has 0 saturated heterocycles. The van der Waals surface area contributed by atoms with E-state index < -0.39 is 5.97 Å². The van der Waals surface area contributed by atoms with Crippen LogP contribution in [0.4, 0.5) is 0 Å². The molecule has 0 atom stereocenters. The molecule has 21 heavy (non-hydrogen) atoms. The van der Waals surface area contributed by atoms with Gasteiger partial charge in [-0.3, -0.25) is 0 Å². The van der Waals surface area contributed by atoms with Crippen molar-refractivity contribution in [2.75, 3.05) is 0 Å². The number of benzene rings is 1. The zero-order valence-electron chi connectivity index (χ0n) is 11.2. The zero-order valence-corrected chi connectivity index (χ0v) is 13.6. The van der Waals surface area contributed by atoms with Crippen molar-refractivity contribution in [3.8, 4) is 5.69 Å². The van der Waals surface area contributed by atoms with Gasteiger partial charge in [-0.2, -0.15) is 5.10 Å². The van der Waals surface area contributed by atoms with Crippen LogP contribution < -0.4 is 0 Å². The lowest BCUT2D eigenvalue weighted by Gasteiger charge is -2.06. The van der Waals surface area contributed by atoms with Crippen molar-refractivity contribution in [2.24, 2.45) is 0 Å². The van der Waals surface area contributed by atoms with E-state index in [9.17, 15) is 9.90 Å². The average molecular weight is 370 g/mol. The van der Waals surface area contributed by atoms with Gasteiger partial charge in [-0.1, -0.05) is 40.4 Å². The number of halogens is 2. The third-order valence-electron chi connectivity index (χ3n) is 3.88. The molecule has 1 heterocycles. The third-order valence-corrected chi connectivity index (χ3v) is 4.76. The number of rotatable bonds is 3. The molecule has 1 fully saturated rings. The van der Waals surface area contributed by atoms with Crippen LogP contribution in [-0.2, 0) is 0 Å². The second-order valence-corrected chi connectivity index (χ2v) is 6.50. The highest BCUT2D eigenvalue weighted by Crippen LogP contribution is 2.38. The van der Waals surface area contributed by atoms with Crippen molar-refractivity contribution in [3.05, 3.63) is 45.1 Å². The molecule has 1 saturated carbocycles. The van der Waals surface area contributed by atoms with E-state index in [1.165, 1.54) is 4.68 Å². The molecule has 0 bridgehead atoms. The van der Waals surface area contributed by atoms with Gasteiger partial charge in [0.15, 0.2) is 0 Å². The minimum Gasteiger partial charge on any atom is -0.478 e. The Balaban J connectivity index is 2.11. The van der Waals surface area contributed by atoms with E-state index in [-0.39, 0.29) is 16.6 Å². The van der Waals surface area contributed by atoms with Crippen LogP contribution in [0.25, 0.3) is 5.69 Å². The molecule has 1 N–H and O–H groups in total. The normalized spacial score (nSPS) is 15.5. The predicted molar refractivity (Wildman–Crippen MR) is 84.4 cm³/mol. The predicted octanol–water partition coefficient (Wildman–Crippen LogP) is 4.64. The van der Waals surface area contributed by atoms with Crippen molar-refractivity contribution < 1.29 is 9.90 Å². The van der Waals surface area contributed by atoms with Gasteiger partial charge in [-0.15, -0.1) is 0 Å². The van der Waals surface area contributed by atoms with Crippen LogP contribution in [0.5, 0.6) is 0 Å². The smallest absolute Gasteiger partial charge is 0.340 e. The fourth-order valence-electron chi connectivity index (χ4n) is 2.85. The maximum Gasteiger partial charge on any atom is 0.340 e. The standard InChI is InChI=1S/C15H14BrClN2O2/c16-10-5-7-11(8-6-10)19-14(17)12(15(20)21)13(18-19)9-3-1-2-4-9/h5-9H,1-4H2,(H,20,21). The van der Waals surface area contributed by atoms with E-state index in [0.717, 1.165) is 35.8 Å². The quantitative estimate of drug-likeness (QED) is 0.857. The molecule has 110 valence electrons. The second kappa shape index (κ2) is 5.81. The first kappa shape index (κ1) is 14.6. The van der Waals surface area contributed by atoms with Gasteiger partial charge in [-0.25, -0.2) is 9.48 Å². The Labute approximate surface area is 135 Å². The van der Waals surface area contributed by atoms with E-state index in [4.69, 9.17) is 11.6 Å². The van der Waals surface area contributed by atoms with Gasteiger partial charge in [0.25, 0.3) is 0 Å². The maximum atomic E-state index is 11.6. The van der Waals surface area contributed by atoms with Gasteiger partial charge in [-0.05, 0) is 37.1 Å². The molecule has 0 amide bonds. The van der Waals surface area contributed by atoms with Crippen molar-refractivity contribution in [2.45, 2.75) is 31.6 Å². The molecule has 3 rings (SSSR count). The summed E-state index contributed by atoms with van der Waals surface area (Å²) in [4.78, 5) is 11.6. The highest BCUT2D eigenvalue weighted by molar-refractivity contribution is 9.10. The van der Waals surface area contributed by atoms with Crippen molar-refractivity contribution in [1.82, 2.24) is 9.78 Å². The lowest BCUT2D eigenvalue weighted by atomic mass is 10.0. The summed E-state index contributed by atoms with van der Waals surface area (Å²) in [7, 11) is 0. The van der Waals surface area contributed by atoms with Gasteiger partial charge in [0.05, 0.1) is 11.4 Å². The van der Waals surface area contributed by atoms with Gasteiger partial charge in [0.1, 0.15) is 10.7 Å². The topological polar surface area (TPSA) is 55.1 Å². The molecule has 0 radical (unpaired) electrons. The highest BCUT2D eigenvalue weighted by Gasteiger charge is 2.30. The summed E-state index contributed by atoms with van der Waals surface area (Å²) in [6, 6.07) is 7.46. The Kier molecular flexibility index (Phi) is 4.04. The zero-order chi connectivity index (χ0) is 15.0. The van der Waals surface area contributed by atoms with E-state index in [2.05, 4.69) is 21.0 Å². The average Bonchev–Trinajstić information content (AvgIpc) is 3.07. The van der Waals surface area contributed by atoms with Gasteiger partial charge in [0, 0.05) is 10.4 Å². The molecule has 1 aromatic heterocycles. The summed E-state index contributed by atoms with van der Waals surface area (Å²) in [6.45, 7) is 0. The molecule has 0 aliphatic heterocycles. The first-order chi connectivity index (χ1) is 10.1. The molecular weight excluding hydrogens is 356 g/mol. The largest absolute Gasteiger partial charge is 0.478 e. The lowest BCUT2D eigenvalue weighted by Crippen LogP contribution is -2.04. The third kappa shape index (κ3) is 2.72. The fourth-order valence-corrected chi connectivity index (χ4v) is 3.43. The molecular formula is C15H14BrClN2O2. The van der Waals surface area contributed by atoms with Crippen molar-refractivity contribution in [3.63, 3.8) is 0 Å². The number of hydrogen-bond acceptors (Lipinski definition) is 2. The SMILES string of the molecule is O=C(O)c1c(C2CCCC2)nn(-c2ccc(Br)cc2)c1Cl. The summed E-state index contributed by atoms with van der Waals surface area (Å²) in [5.41, 5.74) is 1.52. The van der Waals surface area contributed by atoms with Crippen LogP contribution in [0.2, 0.25) is 5.15 Å². The van der Waals surface area contributed by atoms with Gasteiger partial charge >= 0.3 is 5.97 Å². The minimum atomic E-state index is -1.01. The number of nitrogens with zero attached hydrogens (tertiary/aromatic N) is 2. The number of aromatic nitrogens is 2. The number of carboxylic acid groups (broad SMARTS) is 1. The van der Waals surface area contributed by atoms with Crippen molar-refractivity contribution in [1.29, 1.82) is 0 Å². The monoisotopic (exact) mass is 368 g/mol. The summed E-state index contributed by atoms with van der Waals surface area (Å²) in [6.07, 6.45) is 4.20. The molecule has 0 spiro atoms. The summed E-state index contributed by atoms with van der Waals surface area (Å²) < 4.78 is 2.47. The Bertz CT molecular complexity index is 676. The number of aromatic carboxylic acids is 1.